The van der Waals surface area contributed by atoms with Crippen LogP contribution in [0.15, 0.2) is 43.8 Å². The molecule has 2 heterocycles. The van der Waals surface area contributed by atoms with Gasteiger partial charge in [-0.1, -0.05) is 27.7 Å². The topological polar surface area (TPSA) is 80.9 Å². The van der Waals surface area contributed by atoms with Crippen molar-refractivity contribution in [2.24, 2.45) is 0 Å². The molecule has 0 unspecified atom stereocenters. The van der Waals surface area contributed by atoms with Gasteiger partial charge in [0.15, 0.2) is 5.13 Å². The molecule has 3 rings (SSSR count). The van der Waals surface area contributed by atoms with Crippen LogP contribution in [0.2, 0.25) is 0 Å². The van der Waals surface area contributed by atoms with E-state index in [1.54, 1.807) is 0 Å². The average molecular weight is 411 g/mol. The van der Waals surface area contributed by atoms with Crippen LogP contribution in [0.5, 0.6) is 0 Å². The molecule has 6 nitrogen and oxygen atoms in total. The van der Waals surface area contributed by atoms with Crippen molar-refractivity contribution in [3.8, 4) is 11.5 Å². The minimum Gasteiger partial charge on any atom is -0.411 e. The van der Waals surface area contributed by atoms with Crippen molar-refractivity contribution in [3.63, 3.8) is 0 Å². The van der Waals surface area contributed by atoms with Crippen molar-refractivity contribution < 1.29 is 9.21 Å². The first kappa shape index (κ1) is 16.2. The van der Waals surface area contributed by atoms with E-state index in [0.717, 1.165) is 15.7 Å². The van der Waals surface area contributed by atoms with Crippen molar-refractivity contribution in [3.05, 3.63) is 39.8 Å². The Hall–Kier alpha value is -1.71. The normalized spacial score (nSPS) is 10.7. The van der Waals surface area contributed by atoms with Gasteiger partial charge in [0.05, 0.1) is 5.69 Å². The highest BCUT2D eigenvalue weighted by Gasteiger charge is 2.10. The molecule has 3 aromatic rings. The number of hydrogen-bond acceptors (Lipinski definition) is 7. The Balaban J connectivity index is 1.62. The first-order chi connectivity index (χ1) is 11.1. The average Bonchev–Trinajstić information content (AvgIpc) is 3.14. The lowest BCUT2D eigenvalue weighted by Crippen LogP contribution is -2.05. The first-order valence-corrected chi connectivity index (χ1v) is 9.20. The monoisotopic (exact) mass is 410 g/mol. The van der Waals surface area contributed by atoms with Crippen LogP contribution in [0.3, 0.4) is 0 Å². The number of anilines is 1. The summed E-state index contributed by atoms with van der Waals surface area (Å²) in [4.78, 5) is 15.3. The molecular formula is C14H11BrN4O2S2. The maximum atomic E-state index is 11.0. The van der Waals surface area contributed by atoms with E-state index in [9.17, 15) is 4.79 Å². The molecule has 118 valence electrons. The summed E-state index contributed by atoms with van der Waals surface area (Å²) in [5, 5.41) is 13.7. The highest BCUT2D eigenvalue weighted by molar-refractivity contribution is 9.10. The lowest BCUT2D eigenvalue weighted by atomic mass is 10.2. The van der Waals surface area contributed by atoms with E-state index in [1.807, 2.05) is 29.6 Å². The number of nitrogens with one attached hydrogen (secondary N) is 1. The van der Waals surface area contributed by atoms with Crippen molar-refractivity contribution in [2.75, 3.05) is 5.32 Å². The van der Waals surface area contributed by atoms with Gasteiger partial charge in [-0.15, -0.1) is 21.5 Å². The molecule has 0 aliphatic rings. The molecule has 0 bridgehead atoms. The molecule has 0 aliphatic carbocycles. The van der Waals surface area contributed by atoms with Crippen LogP contribution >= 0.6 is 39.0 Å². The van der Waals surface area contributed by atoms with Gasteiger partial charge in [0, 0.05) is 28.1 Å². The molecule has 0 spiro atoms. The van der Waals surface area contributed by atoms with Crippen LogP contribution in [-0.4, -0.2) is 21.1 Å². The number of rotatable bonds is 5. The summed E-state index contributed by atoms with van der Waals surface area (Å²) in [6, 6.07) is 7.66. The van der Waals surface area contributed by atoms with E-state index < -0.39 is 0 Å². The molecule has 0 fully saturated rings. The molecule has 1 amide bonds. The standard InChI is InChI=1S/C14H11BrN4O2S2/c1-8(20)16-13-17-11(6-22-13)7-23-14-19-18-12(21-14)9-2-4-10(15)5-3-9/h2-6H,7H2,1H3,(H,16,17,20). The van der Waals surface area contributed by atoms with Gasteiger partial charge in [-0.3, -0.25) is 4.79 Å². The van der Waals surface area contributed by atoms with Gasteiger partial charge in [0.1, 0.15) is 0 Å². The van der Waals surface area contributed by atoms with Crippen LogP contribution in [0.25, 0.3) is 11.5 Å². The minimum absolute atomic E-state index is 0.130. The molecule has 0 radical (unpaired) electrons. The zero-order valence-electron chi connectivity index (χ0n) is 11.9. The van der Waals surface area contributed by atoms with Crippen molar-refractivity contribution in [2.45, 2.75) is 17.9 Å². The molecule has 0 aliphatic heterocycles. The number of halogens is 1. The Morgan fingerprint density at radius 2 is 2.13 bits per heavy atom. The summed E-state index contributed by atoms with van der Waals surface area (Å²) in [6.45, 7) is 1.46. The quantitative estimate of drug-likeness (QED) is 0.634. The third-order valence-corrected chi connectivity index (χ3v) is 4.86. The van der Waals surface area contributed by atoms with Gasteiger partial charge in [0.2, 0.25) is 11.8 Å². The second kappa shape index (κ2) is 7.24. The Bertz CT molecular complexity index is 816. The fraction of sp³-hybridized carbons (Fsp3) is 0.143. The van der Waals surface area contributed by atoms with Crippen LogP contribution in [0.4, 0.5) is 5.13 Å². The number of amides is 1. The Labute approximate surface area is 148 Å². The lowest BCUT2D eigenvalue weighted by molar-refractivity contribution is -0.114. The summed E-state index contributed by atoms with van der Waals surface area (Å²) in [5.74, 6) is 0.949. The third kappa shape index (κ3) is 4.40. The zero-order chi connectivity index (χ0) is 16.2. The molecule has 2 aromatic heterocycles. The number of carbonyl (C=O) groups excluding carboxylic acids is 1. The Morgan fingerprint density at radius 1 is 1.35 bits per heavy atom. The van der Waals surface area contributed by atoms with Crippen molar-refractivity contribution in [1.82, 2.24) is 15.2 Å². The molecule has 0 saturated carbocycles. The fourth-order valence-corrected chi connectivity index (χ4v) is 3.48. The molecule has 9 heteroatoms. The van der Waals surface area contributed by atoms with E-state index >= 15 is 0 Å². The Kier molecular flexibility index (Phi) is 5.09. The van der Waals surface area contributed by atoms with E-state index in [2.05, 4.69) is 36.4 Å². The van der Waals surface area contributed by atoms with Crippen LogP contribution in [0, 0.1) is 0 Å². The molecular weight excluding hydrogens is 400 g/mol. The van der Waals surface area contributed by atoms with Crippen molar-refractivity contribution >= 4 is 50.1 Å². The van der Waals surface area contributed by atoms with Crippen LogP contribution in [-0.2, 0) is 10.5 Å². The first-order valence-electron chi connectivity index (χ1n) is 6.54. The van der Waals surface area contributed by atoms with Gasteiger partial charge in [-0.25, -0.2) is 4.98 Å². The van der Waals surface area contributed by atoms with E-state index in [0.29, 0.717) is 22.0 Å². The predicted molar refractivity (Wildman–Crippen MR) is 93.4 cm³/mol. The number of thiazole rings is 1. The summed E-state index contributed by atoms with van der Waals surface area (Å²) in [7, 11) is 0. The summed E-state index contributed by atoms with van der Waals surface area (Å²) in [5.41, 5.74) is 1.72. The van der Waals surface area contributed by atoms with E-state index in [1.165, 1.54) is 30.0 Å². The van der Waals surface area contributed by atoms with Crippen LogP contribution < -0.4 is 5.32 Å². The molecule has 1 aromatic carbocycles. The molecule has 23 heavy (non-hydrogen) atoms. The zero-order valence-corrected chi connectivity index (χ0v) is 15.2. The second-order valence-corrected chi connectivity index (χ2v) is 7.19. The molecule has 0 atom stereocenters. The minimum atomic E-state index is -0.130. The number of nitrogens with zero attached hydrogens (tertiary/aromatic N) is 3. The van der Waals surface area contributed by atoms with E-state index in [4.69, 9.17) is 4.42 Å². The van der Waals surface area contributed by atoms with Gasteiger partial charge in [0.25, 0.3) is 5.22 Å². The van der Waals surface area contributed by atoms with Crippen LogP contribution in [0.1, 0.15) is 12.6 Å². The smallest absolute Gasteiger partial charge is 0.277 e. The largest absolute Gasteiger partial charge is 0.411 e. The number of benzene rings is 1. The van der Waals surface area contributed by atoms with Gasteiger partial charge < -0.3 is 9.73 Å². The SMILES string of the molecule is CC(=O)Nc1nc(CSc2nnc(-c3ccc(Br)cc3)o2)cs1. The highest BCUT2D eigenvalue weighted by Crippen LogP contribution is 2.27. The fourth-order valence-electron chi connectivity index (χ4n) is 1.69. The summed E-state index contributed by atoms with van der Waals surface area (Å²) in [6.07, 6.45) is 0. The van der Waals surface area contributed by atoms with E-state index in [-0.39, 0.29) is 5.91 Å². The third-order valence-electron chi connectivity index (χ3n) is 2.68. The number of thioether (sulfide) groups is 1. The maximum absolute atomic E-state index is 11.0. The van der Waals surface area contributed by atoms with Gasteiger partial charge >= 0.3 is 0 Å². The maximum Gasteiger partial charge on any atom is 0.277 e. The van der Waals surface area contributed by atoms with Gasteiger partial charge in [-0.05, 0) is 24.3 Å². The highest BCUT2D eigenvalue weighted by atomic mass is 79.9. The Morgan fingerprint density at radius 3 is 2.87 bits per heavy atom. The summed E-state index contributed by atoms with van der Waals surface area (Å²) < 4.78 is 6.63. The number of aromatic nitrogens is 3. The lowest BCUT2D eigenvalue weighted by Gasteiger charge is -1.95. The van der Waals surface area contributed by atoms with Crippen molar-refractivity contribution in [1.29, 1.82) is 0 Å². The second-order valence-electron chi connectivity index (χ2n) is 4.49. The molecule has 1 N–H and O–H groups in total. The van der Waals surface area contributed by atoms with Gasteiger partial charge in [-0.2, -0.15) is 0 Å². The number of hydrogen-bond donors (Lipinski definition) is 1. The summed E-state index contributed by atoms with van der Waals surface area (Å²) >= 11 is 6.18. The molecule has 0 saturated heterocycles. The predicted octanol–water partition coefficient (Wildman–Crippen LogP) is 4.21. The number of carbonyl (C=O) groups is 1.